The smallest absolute Gasteiger partial charge is 0.331 e. The highest BCUT2D eigenvalue weighted by atomic mass is 35.5. The van der Waals surface area contributed by atoms with Gasteiger partial charge in [0.25, 0.3) is 5.91 Å². The Balaban J connectivity index is 1.95. The first-order chi connectivity index (χ1) is 15.1. The van der Waals surface area contributed by atoms with Crippen molar-refractivity contribution in [2.24, 2.45) is 0 Å². The van der Waals surface area contributed by atoms with Gasteiger partial charge in [0, 0.05) is 5.56 Å². The van der Waals surface area contributed by atoms with Crippen molar-refractivity contribution >= 4 is 40.6 Å². The summed E-state index contributed by atoms with van der Waals surface area (Å²) < 4.78 is 46.1. The van der Waals surface area contributed by atoms with E-state index in [1.165, 1.54) is 0 Å². The summed E-state index contributed by atoms with van der Waals surface area (Å²) in [7, 11) is 0. The number of halogens is 5. The summed E-state index contributed by atoms with van der Waals surface area (Å²) in [5.74, 6) is -4.65. The summed E-state index contributed by atoms with van der Waals surface area (Å²) in [4.78, 5) is 22.9. The number of rotatable bonds is 8. The van der Waals surface area contributed by atoms with Crippen LogP contribution < -0.4 is 10.1 Å². The van der Waals surface area contributed by atoms with Crippen molar-refractivity contribution in [1.82, 2.24) is 9.78 Å². The van der Waals surface area contributed by atoms with Crippen LogP contribution in [0.15, 0.2) is 48.7 Å². The lowest BCUT2D eigenvalue weighted by molar-refractivity contribution is -0.384. The number of carbonyl (C=O) groups is 1. The van der Waals surface area contributed by atoms with Crippen LogP contribution >= 0.6 is 23.2 Å². The minimum atomic E-state index is -3.84. The normalized spacial score (nSPS) is 11.3. The largest absolute Gasteiger partial charge is 0.484 e. The van der Waals surface area contributed by atoms with Crippen molar-refractivity contribution in [2.45, 2.75) is 5.92 Å². The van der Waals surface area contributed by atoms with Gasteiger partial charge in [0.15, 0.2) is 13.3 Å². The molecule has 0 aliphatic rings. The highest BCUT2D eigenvalue weighted by Gasteiger charge is 2.34. The van der Waals surface area contributed by atoms with E-state index in [2.05, 4.69) is 10.4 Å². The Bertz CT molecular complexity index is 1140. The van der Waals surface area contributed by atoms with E-state index < -0.39 is 57.1 Å². The van der Waals surface area contributed by atoms with Crippen molar-refractivity contribution in [3.8, 4) is 11.4 Å². The number of ether oxygens (including phenoxy) is 1. The monoisotopic (exact) mass is 488 g/mol. The lowest BCUT2D eigenvalue weighted by Crippen LogP contribution is -2.22. The molecule has 168 valence electrons. The van der Waals surface area contributed by atoms with Crippen molar-refractivity contribution in [3.63, 3.8) is 0 Å². The molecular weight excluding hydrogens is 476 g/mol. The minimum absolute atomic E-state index is 0.223. The number of benzene rings is 2. The van der Waals surface area contributed by atoms with Gasteiger partial charge in [-0.2, -0.15) is 13.9 Å². The van der Waals surface area contributed by atoms with Gasteiger partial charge in [-0.1, -0.05) is 41.4 Å². The molecule has 3 rings (SSSR count). The van der Waals surface area contributed by atoms with E-state index in [0.29, 0.717) is 5.75 Å². The third-order valence-corrected chi connectivity index (χ3v) is 4.71. The topological polar surface area (TPSA) is 99.3 Å². The van der Waals surface area contributed by atoms with Gasteiger partial charge in [0.1, 0.15) is 17.6 Å². The number of hydrogen-bond donors (Lipinski definition) is 1. The van der Waals surface area contributed by atoms with Crippen LogP contribution in [0.4, 0.5) is 24.7 Å². The first-order valence-corrected chi connectivity index (χ1v) is 9.53. The molecule has 13 heteroatoms. The fourth-order valence-electron chi connectivity index (χ4n) is 2.65. The first kappa shape index (κ1) is 23.4. The molecule has 2 aromatic carbocycles. The number of nitrogens with zero attached hydrogens (tertiary/aromatic N) is 3. The summed E-state index contributed by atoms with van der Waals surface area (Å²) >= 11 is 12.1. The van der Waals surface area contributed by atoms with E-state index in [4.69, 9.17) is 27.9 Å². The highest BCUT2D eigenvalue weighted by Crippen LogP contribution is 2.39. The fraction of sp³-hybridized carbons (Fsp3) is 0.158. The number of nitrogens with one attached hydrogen (secondary N) is 1. The van der Waals surface area contributed by atoms with E-state index in [1.807, 2.05) is 0 Å². The van der Waals surface area contributed by atoms with Gasteiger partial charge >= 0.3 is 11.6 Å². The van der Waals surface area contributed by atoms with Gasteiger partial charge in [-0.25, -0.2) is 9.07 Å². The van der Waals surface area contributed by atoms with Crippen molar-refractivity contribution in [3.05, 3.63) is 74.4 Å². The van der Waals surface area contributed by atoms with Crippen LogP contribution in [0.5, 0.6) is 5.75 Å². The van der Waals surface area contributed by atoms with Gasteiger partial charge in [-0.3, -0.25) is 14.9 Å². The zero-order valence-electron chi connectivity index (χ0n) is 15.9. The van der Waals surface area contributed by atoms with E-state index in [1.54, 1.807) is 30.3 Å². The molecule has 0 radical (unpaired) electrons. The van der Waals surface area contributed by atoms with Gasteiger partial charge < -0.3 is 10.1 Å². The molecule has 0 saturated carbocycles. The van der Waals surface area contributed by atoms with E-state index in [-0.39, 0.29) is 5.69 Å². The van der Waals surface area contributed by atoms with Crippen molar-refractivity contribution in [2.75, 3.05) is 18.6 Å². The third-order valence-electron chi connectivity index (χ3n) is 4.14. The number of hydrogen-bond acceptors (Lipinski definition) is 5. The lowest BCUT2D eigenvalue weighted by atomic mass is 10.1. The Labute approximate surface area is 188 Å². The molecule has 0 fully saturated rings. The number of carbonyl (C=O) groups excluding carboxylic acids is 1. The Hall–Kier alpha value is -3.31. The van der Waals surface area contributed by atoms with Crippen LogP contribution in [0.25, 0.3) is 5.69 Å². The highest BCUT2D eigenvalue weighted by molar-refractivity contribution is 6.38. The summed E-state index contributed by atoms with van der Waals surface area (Å²) in [6.45, 7) is -2.47. The van der Waals surface area contributed by atoms with E-state index >= 15 is 0 Å². The molecule has 3 aromatic rings. The van der Waals surface area contributed by atoms with Crippen LogP contribution in [0.3, 0.4) is 0 Å². The van der Waals surface area contributed by atoms with Crippen LogP contribution in [-0.4, -0.2) is 33.9 Å². The van der Waals surface area contributed by atoms with Gasteiger partial charge in [0.05, 0.1) is 15.0 Å². The van der Waals surface area contributed by atoms with Gasteiger partial charge in [-0.05, 0) is 24.3 Å². The zero-order valence-corrected chi connectivity index (χ0v) is 17.4. The van der Waals surface area contributed by atoms with Gasteiger partial charge in [0.2, 0.25) is 5.82 Å². The molecule has 0 spiro atoms. The molecule has 0 unspecified atom stereocenters. The molecular formula is C19H13Cl2F3N4O4. The van der Waals surface area contributed by atoms with E-state index in [9.17, 15) is 28.1 Å². The second-order valence-electron chi connectivity index (χ2n) is 6.32. The molecule has 1 heterocycles. The number of anilines is 1. The summed E-state index contributed by atoms with van der Waals surface area (Å²) in [5, 5.41) is 16.7. The molecule has 0 saturated heterocycles. The Morgan fingerprint density at radius 1 is 1.22 bits per heavy atom. The first-order valence-electron chi connectivity index (χ1n) is 8.78. The number of nitro groups is 1. The molecule has 0 aliphatic carbocycles. The lowest BCUT2D eigenvalue weighted by Gasteiger charge is -2.17. The third kappa shape index (κ3) is 4.94. The van der Waals surface area contributed by atoms with Gasteiger partial charge in [-0.15, -0.1) is 0 Å². The molecule has 1 amide bonds. The Kier molecular flexibility index (Phi) is 6.90. The number of aromatic nitrogens is 2. The Morgan fingerprint density at radius 2 is 1.84 bits per heavy atom. The predicted octanol–water partition coefficient (Wildman–Crippen LogP) is 5.17. The van der Waals surface area contributed by atoms with Crippen molar-refractivity contribution in [1.29, 1.82) is 0 Å². The van der Waals surface area contributed by atoms with E-state index in [0.717, 1.165) is 23.0 Å². The molecule has 1 N–H and O–H groups in total. The summed E-state index contributed by atoms with van der Waals surface area (Å²) in [5.41, 5.74) is -1.62. The average Bonchev–Trinajstić information content (AvgIpc) is 3.15. The number of para-hydroxylation sites is 1. The quantitative estimate of drug-likeness (QED) is 0.348. The maximum absolute atomic E-state index is 13.7. The SMILES string of the molecule is O=C(COc1ccccc1)Nc1c([N+](=O)[O-])cnn1-c1c(Cl)cc(C(F)(F)CF)cc1Cl. The maximum Gasteiger partial charge on any atom is 0.331 e. The molecule has 0 atom stereocenters. The summed E-state index contributed by atoms with van der Waals surface area (Å²) in [6.07, 6.45) is 0.824. The zero-order chi connectivity index (χ0) is 23.5. The molecule has 1 aromatic heterocycles. The fourth-order valence-corrected chi connectivity index (χ4v) is 3.30. The van der Waals surface area contributed by atoms with Crippen LogP contribution in [-0.2, 0) is 10.7 Å². The second-order valence-corrected chi connectivity index (χ2v) is 7.14. The standard InChI is InChI=1S/C19H13Cl2F3N4O4/c20-13-6-11(19(23,24)10-22)7-14(21)17(13)27-18(15(8-25-27)28(30)31)26-16(29)9-32-12-4-2-1-3-5-12/h1-8H,9-10H2,(H,26,29). The van der Waals surface area contributed by atoms with Crippen LogP contribution in [0.1, 0.15) is 5.56 Å². The number of amides is 1. The maximum atomic E-state index is 13.7. The molecule has 8 nitrogen and oxygen atoms in total. The molecule has 0 aliphatic heterocycles. The summed E-state index contributed by atoms with van der Waals surface area (Å²) in [6, 6.07) is 9.86. The second kappa shape index (κ2) is 9.45. The average molecular weight is 489 g/mol. The predicted molar refractivity (Wildman–Crippen MR) is 111 cm³/mol. The van der Waals surface area contributed by atoms with Crippen LogP contribution in [0, 0.1) is 10.1 Å². The Morgan fingerprint density at radius 3 is 2.41 bits per heavy atom. The van der Waals surface area contributed by atoms with Crippen LogP contribution in [0.2, 0.25) is 10.0 Å². The molecule has 32 heavy (non-hydrogen) atoms. The molecule has 0 bridgehead atoms. The van der Waals surface area contributed by atoms with Crippen molar-refractivity contribution < 1.29 is 27.6 Å². The minimum Gasteiger partial charge on any atom is -0.484 e. The number of alkyl halides is 3.